The second kappa shape index (κ2) is 7.71. The Kier molecular flexibility index (Phi) is 4.95. The summed E-state index contributed by atoms with van der Waals surface area (Å²) in [5.74, 6) is 1.15. The van der Waals surface area contributed by atoms with Gasteiger partial charge in [-0.3, -0.25) is 4.79 Å². The summed E-state index contributed by atoms with van der Waals surface area (Å²) in [6.07, 6.45) is 1.86. The van der Waals surface area contributed by atoms with Crippen molar-refractivity contribution in [2.45, 2.75) is 12.5 Å². The number of rotatable bonds is 5. The zero-order valence-corrected chi connectivity index (χ0v) is 16.0. The molecule has 4 rings (SSSR count). The van der Waals surface area contributed by atoms with Crippen LogP contribution in [0.15, 0.2) is 70.4 Å². The third-order valence-electron chi connectivity index (χ3n) is 4.82. The van der Waals surface area contributed by atoms with E-state index in [2.05, 4.69) is 5.10 Å². The molecule has 29 heavy (non-hydrogen) atoms. The van der Waals surface area contributed by atoms with Gasteiger partial charge in [0.05, 0.1) is 32.2 Å². The summed E-state index contributed by atoms with van der Waals surface area (Å²) in [4.78, 5) is 13.1. The van der Waals surface area contributed by atoms with Gasteiger partial charge in [-0.15, -0.1) is 0 Å². The molecule has 2 heterocycles. The van der Waals surface area contributed by atoms with Crippen LogP contribution in [0.5, 0.6) is 17.2 Å². The summed E-state index contributed by atoms with van der Waals surface area (Å²) >= 11 is 0. The van der Waals surface area contributed by atoms with Gasteiger partial charge in [-0.25, -0.2) is 5.01 Å². The zero-order valence-electron chi connectivity index (χ0n) is 16.0. The van der Waals surface area contributed by atoms with E-state index in [0.29, 0.717) is 29.2 Å². The first-order valence-corrected chi connectivity index (χ1v) is 9.06. The molecule has 0 saturated heterocycles. The Hall–Kier alpha value is -3.74. The van der Waals surface area contributed by atoms with Gasteiger partial charge in [-0.2, -0.15) is 5.10 Å². The molecule has 0 saturated carbocycles. The third kappa shape index (κ3) is 3.54. The largest absolute Gasteiger partial charge is 0.507 e. The summed E-state index contributed by atoms with van der Waals surface area (Å²) in [5, 5.41) is 16.2. The van der Waals surface area contributed by atoms with Gasteiger partial charge in [0.15, 0.2) is 5.76 Å². The van der Waals surface area contributed by atoms with Crippen molar-refractivity contribution in [3.63, 3.8) is 0 Å². The standard InChI is InChI=1S/C22H20N2O5/c1-27-15-10-14(11-16(12-15)28-2)19-13-18(17-6-3-4-7-20(17)25)23-24(19)22(26)21-8-5-9-29-21/h3-12,19,25H,13H2,1-2H3/t19-/m1/s1. The first kappa shape index (κ1) is 18.6. The molecule has 1 amide bonds. The van der Waals surface area contributed by atoms with Crippen LogP contribution in [-0.2, 0) is 0 Å². The molecule has 1 N–H and O–H groups in total. The SMILES string of the molecule is COc1cc(OC)cc([C@H]2CC(c3ccccc3O)=NN2C(=O)c2ccco2)c1. The van der Waals surface area contributed by atoms with Crippen LogP contribution in [-0.4, -0.2) is 36.0 Å². The highest BCUT2D eigenvalue weighted by Crippen LogP contribution is 2.38. The molecular weight excluding hydrogens is 372 g/mol. The number of amides is 1. The monoisotopic (exact) mass is 392 g/mol. The average molecular weight is 392 g/mol. The number of para-hydroxylation sites is 1. The smallest absolute Gasteiger partial charge is 0.310 e. The molecule has 0 bridgehead atoms. The van der Waals surface area contributed by atoms with E-state index in [1.54, 1.807) is 50.6 Å². The molecule has 148 valence electrons. The lowest BCUT2D eigenvalue weighted by Gasteiger charge is -2.22. The molecule has 0 fully saturated rings. The first-order chi connectivity index (χ1) is 14.1. The van der Waals surface area contributed by atoms with Crippen LogP contribution >= 0.6 is 0 Å². The van der Waals surface area contributed by atoms with E-state index in [1.807, 2.05) is 18.2 Å². The highest BCUT2D eigenvalue weighted by atomic mass is 16.5. The molecule has 0 unspecified atom stereocenters. The van der Waals surface area contributed by atoms with E-state index >= 15 is 0 Å². The van der Waals surface area contributed by atoms with Crippen LogP contribution in [0, 0.1) is 0 Å². The van der Waals surface area contributed by atoms with Crippen LogP contribution in [0.25, 0.3) is 0 Å². The van der Waals surface area contributed by atoms with Gasteiger partial charge in [-0.05, 0) is 42.0 Å². The Morgan fingerprint density at radius 2 is 1.83 bits per heavy atom. The first-order valence-electron chi connectivity index (χ1n) is 9.06. The molecule has 7 nitrogen and oxygen atoms in total. The Labute approximate surface area is 167 Å². The molecule has 0 spiro atoms. The van der Waals surface area contributed by atoms with E-state index in [4.69, 9.17) is 13.9 Å². The molecule has 1 aliphatic heterocycles. The van der Waals surface area contributed by atoms with Crippen LogP contribution in [0.2, 0.25) is 0 Å². The average Bonchev–Trinajstić information content (AvgIpc) is 3.43. The summed E-state index contributed by atoms with van der Waals surface area (Å²) in [6, 6.07) is 15.2. The number of methoxy groups -OCH3 is 2. The molecule has 0 aliphatic carbocycles. The van der Waals surface area contributed by atoms with Gasteiger partial charge in [-0.1, -0.05) is 12.1 Å². The predicted molar refractivity (Wildman–Crippen MR) is 106 cm³/mol. The van der Waals surface area contributed by atoms with Crippen molar-refractivity contribution in [1.29, 1.82) is 0 Å². The minimum atomic E-state index is -0.411. The van der Waals surface area contributed by atoms with Crippen molar-refractivity contribution in [3.05, 3.63) is 77.7 Å². The van der Waals surface area contributed by atoms with Crippen molar-refractivity contribution < 1.29 is 23.8 Å². The Morgan fingerprint density at radius 1 is 1.10 bits per heavy atom. The Morgan fingerprint density at radius 3 is 2.45 bits per heavy atom. The van der Waals surface area contributed by atoms with E-state index in [-0.39, 0.29) is 17.4 Å². The fraction of sp³-hybridized carbons (Fsp3) is 0.182. The second-order valence-corrected chi connectivity index (χ2v) is 6.56. The fourth-order valence-electron chi connectivity index (χ4n) is 3.37. The number of nitrogens with zero attached hydrogens (tertiary/aromatic N) is 2. The van der Waals surface area contributed by atoms with E-state index in [1.165, 1.54) is 11.3 Å². The van der Waals surface area contributed by atoms with Gasteiger partial charge >= 0.3 is 5.91 Å². The summed E-state index contributed by atoms with van der Waals surface area (Å²) in [6.45, 7) is 0. The van der Waals surface area contributed by atoms with E-state index in [0.717, 1.165) is 5.56 Å². The minimum absolute atomic E-state index is 0.112. The lowest BCUT2D eigenvalue weighted by atomic mass is 9.97. The van der Waals surface area contributed by atoms with Crippen LogP contribution in [0.3, 0.4) is 0 Å². The van der Waals surface area contributed by atoms with Crippen molar-refractivity contribution in [1.82, 2.24) is 5.01 Å². The predicted octanol–water partition coefficient (Wildman–Crippen LogP) is 3.99. The number of carbonyl (C=O) groups is 1. The van der Waals surface area contributed by atoms with Gasteiger partial charge in [0, 0.05) is 18.1 Å². The maximum atomic E-state index is 13.1. The van der Waals surface area contributed by atoms with Gasteiger partial charge in [0.2, 0.25) is 0 Å². The zero-order chi connectivity index (χ0) is 20.4. The van der Waals surface area contributed by atoms with Crippen molar-refractivity contribution in [2.24, 2.45) is 5.10 Å². The Bertz CT molecular complexity index is 1040. The quantitative estimate of drug-likeness (QED) is 0.710. The molecular formula is C22H20N2O5. The van der Waals surface area contributed by atoms with Crippen molar-refractivity contribution >= 4 is 11.6 Å². The number of ether oxygens (including phenoxy) is 2. The normalized spacial score (nSPS) is 15.9. The Balaban J connectivity index is 1.78. The lowest BCUT2D eigenvalue weighted by Crippen LogP contribution is -2.26. The molecule has 7 heteroatoms. The van der Waals surface area contributed by atoms with Crippen molar-refractivity contribution in [3.8, 4) is 17.2 Å². The van der Waals surface area contributed by atoms with Crippen LogP contribution in [0.4, 0.5) is 0 Å². The summed E-state index contributed by atoms with van der Waals surface area (Å²) in [7, 11) is 3.14. The number of furan rings is 1. The highest BCUT2D eigenvalue weighted by molar-refractivity contribution is 6.06. The minimum Gasteiger partial charge on any atom is -0.507 e. The van der Waals surface area contributed by atoms with E-state index in [9.17, 15) is 9.90 Å². The van der Waals surface area contributed by atoms with Crippen molar-refractivity contribution in [2.75, 3.05) is 14.2 Å². The lowest BCUT2D eigenvalue weighted by molar-refractivity contribution is 0.0678. The molecule has 2 aromatic carbocycles. The van der Waals surface area contributed by atoms with Crippen LogP contribution < -0.4 is 9.47 Å². The number of benzene rings is 2. The number of hydrogen-bond acceptors (Lipinski definition) is 6. The summed E-state index contributed by atoms with van der Waals surface area (Å²) in [5.41, 5.74) is 1.99. The topological polar surface area (TPSA) is 84.5 Å². The number of phenols is 1. The number of aromatic hydroxyl groups is 1. The fourth-order valence-corrected chi connectivity index (χ4v) is 3.37. The maximum Gasteiger partial charge on any atom is 0.310 e. The molecule has 3 aromatic rings. The molecule has 1 aliphatic rings. The van der Waals surface area contributed by atoms with Gasteiger partial charge in [0.25, 0.3) is 0 Å². The number of hydrazone groups is 1. The molecule has 1 atom stereocenters. The van der Waals surface area contributed by atoms with E-state index < -0.39 is 6.04 Å². The number of hydrogen-bond donors (Lipinski definition) is 1. The van der Waals surface area contributed by atoms with Gasteiger partial charge < -0.3 is 19.0 Å². The number of carbonyl (C=O) groups excluding carboxylic acids is 1. The second-order valence-electron chi connectivity index (χ2n) is 6.56. The highest BCUT2D eigenvalue weighted by Gasteiger charge is 2.36. The van der Waals surface area contributed by atoms with Gasteiger partial charge in [0.1, 0.15) is 17.2 Å². The third-order valence-corrected chi connectivity index (χ3v) is 4.82. The number of phenolic OH excluding ortho intramolecular Hbond substituents is 1. The maximum absolute atomic E-state index is 13.1. The molecule has 1 aromatic heterocycles. The van der Waals surface area contributed by atoms with Crippen LogP contribution in [0.1, 0.15) is 34.1 Å². The summed E-state index contributed by atoms with van der Waals surface area (Å²) < 4.78 is 16.0. The molecule has 0 radical (unpaired) electrons.